The molecule has 4 heteroatoms. The fourth-order valence-electron chi connectivity index (χ4n) is 3.11. The molecule has 0 bridgehead atoms. The van der Waals surface area contributed by atoms with Crippen LogP contribution in [0.5, 0.6) is 0 Å². The molecule has 0 aromatic carbocycles. The molecule has 2 fully saturated rings. The first-order valence-electron chi connectivity index (χ1n) is 7.89. The van der Waals surface area contributed by atoms with E-state index >= 15 is 0 Å². The molecule has 2 unspecified atom stereocenters. The normalized spacial score (nSPS) is 35.9. The Bertz CT molecular complexity index is 279. The van der Waals surface area contributed by atoms with Gasteiger partial charge >= 0.3 is 0 Å². The van der Waals surface area contributed by atoms with Crippen LogP contribution in [0, 0.1) is 11.8 Å². The highest BCUT2D eigenvalue weighted by molar-refractivity contribution is 5.82. The lowest BCUT2D eigenvalue weighted by atomic mass is 9.81. The summed E-state index contributed by atoms with van der Waals surface area (Å²) in [5, 5.41) is 9.71. The van der Waals surface area contributed by atoms with E-state index in [2.05, 4.69) is 29.8 Å². The van der Waals surface area contributed by atoms with Gasteiger partial charge in [-0.25, -0.2) is 0 Å². The zero-order valence-corrected chi connectivity index (χ0v) is 12.4. The van der Waals surface area contributed by atoms with Crippen LogP contribution in [-0.4, -0.2) is 37.6 Å². The first-order chi connectivity index (χ1) is 9.15. The lowest BCUT2D eigenvalue weighted by Crippen LogP contribution is -2.59. The maximum Gasteiger partial charge on any atom is 0.238 e. The molecule has 2 rings (SSSR count). The van der Waals surface area contributed by atoms with E-state index in [0.717, 1.165) is 37.9 Å². The van der Waals surface area contributed by atoms with Gasteiger partial charge in [0.15, 0.2) is 0 Å². The van der Waals surface area contributed by atoms with E-state index in [1.807, 2.05) is 0 Å². The topological polar surface area (TPSA) is 53.2 Å². The Morgan fingerprint density at radius 2 is 1.84 bits per heavy atom. The van der Waals surface area contributed by atoms with E-state index in [9.17, 15) is 4.79 Å². The van der Waals surface area contributed by atoms with Crippen molar-refractivity contribution in [1.29, 1.82) is 0 Å². The van der Waals surface area contributed by atoms with Gasteiger partial charge in [-0.3, -0.25) is 4.79 Å². The minimum atomic E-state index is -0.0532. The molecule has 1 saturated heterocycles. The van der Waals surface area contributed by atoms with E-state index in [-0.39, 0.29) is 11.9 Å². The molecule has 1 amide bonds. The van der Waals surface area contributed by atoms with Crippen molar-refractivity contribution in [2.75, 3.05) is 19.6 Å². The summed E-state index contributed by atoms with van der Waals surface area (Å²) in [5.41, 5.74) is 0. The molecule has 0 aromatic rings. The average Bonchev–Trinajstić information content (AvgIpc) is 2.41. The summed E-state index contributed by atoms with van der Waals surface area (Å²) in [5.74, 6) is 1.89. The van der Waals surface area contributed by atoms with E-state index in [0.29, 0.717) is 6.04 Å². The third kappa shape index (κ3) is 4.77. The average molecular weight is 267 g/mol. The van der Waals surface area contributed by atoms with Crippen molar-refractivity contribution in [3.63, 3.8) is 0 Å². The number of amides is 1. The molecule has 1 heterocycles. The summed E-state index contributed by atoms with van der Waals surface area (Å²) >= 11 is 0. The maximum atomic E-state index is 12.0. The molecule has 1 saturated carbocycles. The number of hydrogen-bond acceptors (Lipinski definition) is 3. The first kappa shape index (κ1) is 14.8. The van der Waals surface area contributed by atoms with Gasteiger partial charge < -0.3 is 16.0 Å². The van der Waals surface area contributed by atoms with Crippen molar-refractivity contribution in [1.82, 2.24) is 16.0 Å². The fourth-order valence-corrected chi connectivity index (χ4v) is 3.11. The molecule has 4 nitrogen and oxygen atoms in total. The monoisotopic (exact) mass is 267 g/mol. The summed E-state index contributed by atoms with van der Waals surface area (Å²) in [4.78, 5) is 12.0. The van der Waals surface area contributed by atoms with Crippen LogP contribution in [0.15, 0.2) is 0 Å². The second-order valence-electron chi connectivity index (χ2n) is 6.48. The number of carbonyl (C=O) groups is 1. The Balaban J connectivity index is 1.59. The minimum absolute atomic E-state index is 0.0532. The minimum Gasteiger partial charge on any atom is -0.355 e. The van der Waals surface area contributed by atoms with E-state index in [1.165, 1.54) is 25.7 Å². The largest absolute Gasteiger partial charge is 0.355 e. The van der Waals surface area contributed by atoms with E-state index < -0.39 is 0 Å². The summed E-state index contributed by atoms with van der Waals surface area (Å²) < 4.78 is 0. The smallest absolute Gasteiger partial charge is 0.238 e. The lowest BCUT2D eigenvalue weighted by molar-refractivity contribution is -0.123. The number of nitrogens with one attached hydrogen (secondary N) is 3. The maximum absolute atomic E-state index is 12.0. The van der Waals surface area contributed by atoms with Crippen LogP contribution in [0.2, 0.25) is 0 Å². The summed E-state index contributed by atoms with van der Waals surface area (Å²) in [6.07, 6.45) is 6.57. The van der Waals surface area contributed by atoms with Gasteiger partial charge in [-0.1, -0.05) is 32.6 Å². The molecule has 2 atom stereocenters. The van der Waals surface area contributed by atoms with Crippen LogP contribution >= 0.6 is 0 Å². The molecular formula is C15H29N3O. The zero-order chi connectivity index (χ0) is 13.7. The van der Waals surface area contributed by atoms with Gasteiger partial charge in [0.05, 0.1) is 6.04 Å². The second kappa shape index (κ2) is 7.25. The number of piperazine rings is 1. The van der Waals surface area contributed by atoms with Crippen LogP contribution in [0.25, 0.3) is 0 Å². The van der Waals surface area contributed by atoms with Gasteiger partial charge in [-0.15, -0.1) is 0 Å². The van der Waals surface area contributed by atoms with Crippen LogP contribution in [0.1, 0.15) is 46.0 Å². The third-order valence-electron chi connectivity index (χ3n) is 4.64. The molecule has 0 radical (unpaired) electrons. The molecule has 110 valence electrons. The predicted molar refractivity (Wildman–Crippen MR) is 78.0 cm³/mol. The van der Waals surface area contributed by atoms with Gasteiger partial charge in [0.25, 0.3) is 0 Å². The van der Waals surface area contributed by atoms with Gasteiger partial charge in [-0.05, 0) is 25.2 Å². The molecule has 1 aliphatic carbocycles. The van der Waals surface area contributed by atoms with Crippen LogP contribution in [0.4, 0.5) is 0 Å². The lowest BCUT2D eigenvalue weighted by Gasteiger charge is -2.29. The Morgan fingerprint density at radius 1 is 1.11 bits per heavy atom. The Hall–Kier alpha value is -0.610. The number of rotatable bonds is 4. The highest BCUT2D eigenvalue weighted by atomic mass is 16.2. The Morgan fingerprint density at radius 3 is 2.47 bits per heavy atom. The van der Waals surface area contributed by atoms with Crippen molar-refractivity contribution in [2.24, 2.45) is 11.8 Å². The molecule has 0 aromatic heterocycles. The number of carbonyl (C=O) groups excluding carboxylic acids is 1. The molecule has 2 aliphatic rings. The van der Waals surface area contributed by atoms with Gasteiger partial charge in [-0.2, -0.15) is 0 Å². The molecule has 1 aliphatic heterocycles. The summed E-state index contributed by atoms with van der Waals surface area (Å²) in [6.45, 7) is 6.93. The van der Waals surface area contributed by atoms with Gasteiger partial charge in [0.2, 0.25) is 5.91 Å². The highest BCUT2D eigenvalue weighted by Crippen LogP contribution is 2.29. The quantitative estimate of drug-likeness (QED) is 0.719. The van der Waals surface area contributed by atoms with Gasteiger partial charge in [0.1, 0.15) is 0 Å². The highest BCUT2D eigenvalue weighted by Gasteiger charge is 2.23. The van der Waals surface area contributed by atoms with Crippen molar-refractivity contribution in [3.05, 3.63) is 0 Å². The van der Waals surface area contributed by atoms with Crippen molar-refractivity contribution >= 4 is 5.91 Å². The first-order valence-corrected chi connectivity index (χ1v) is 7.89. The van der Waals surface area contributed by atoms with E-state index in [4.69, 9.17) is 0 Å². The second-order valence-corrected chi connectivity index (χ2v) is 6.48. The molecule has 3 N–H and O–H groups in total. The van der Waals surface area contributed by atoms with Crippen molar-refractivity contribution < 1.29 is 4.79 Å². The van der Waals surface area contributed by atoms with Crippen LogP contribution < -0.4 is 16.0 Å². The Kier molecular flexibility index (Phi) is 5.64. The van der Waals surface area contributed by atoms with Crippen LogP contribution in [-0.2, 0) is 4.79 Å². The van der Waals surface area contributed by atoms with Crippen molar-refractivity contribution in [3.8, 4) is 0 Å². The fraction of sp³-hybridized carbons (Fsp3) is 0.933. The molecule has 0 spiro atoms. The van der Waals surface area contributed by atoms with Gasteiger partial charge in [0, 0.05) is 25.7 Å². The molecule has 19 heavy (non-hydrogen) atoms. The SMILES string of the molecule is CC1CCC(CCNC(=O)C2CNC(C)CN2)CC1. The van der Waals surface area contributed by atoms with Crippen LogP contribution in [0.3, 0.4) is 0 Å². The Labute approximate surface area is 117 Å². The summed E-state index contributed by atoms with van der Waals surface area (Å²) in [7, 11) is 0. The summed E-state index contributed by atoms with van der Waals surface area (Å²) in [6, 6.07) is 0.413. The number of hydrogen-bond donors (Lipinski definition) is 3. The zero-order valence-electron chi connectivity index (χ0n) is 12.4. The van der Waals surface area contributed by atoms with E-state index in [1.54, 1.807) is 0 Å². The molecular weight excluding hydrogens is 238 g/mol. The standard InChI is InChI=1S/C15H29N3O/c1-11-3-5-13(6-4-11)7-8-16-15(19)14-10-17-12(2)9-18-14/h11-14,17-18H,3-10H2,1-2H3,(H,16,19). The third-order valence-corrected chi connectivity index (χ3v) is 4.64. The van der Waals surface area contributed by atoms with Crippen molar-refractivity contribution in [2.45, 2.75) is 58.0 Å². The predicted octanol–water partition coefficient (Wildman–Crippen LogP) is 1.27.